The van der Waals surface area contributed by atoms with Crippen molar-refractivity contribution in [2.45, 2.75) is 19.4 Å². The van der Waals surface area contributed by atoms with Crippen LogP contribution in [-0.2, 0) is 6.61 Å². The Kier molecular flexibility index (Phi) is 4.34. The molecule has 4 heteroatoms. The van der Waals surface area contributed by atoms with Gasteiger partial charge in [-0.25, -0.2) is 0 Å². The standard InChI is InChI=1S/C13H21N3O/c1-15(8-9-16-6-2-3-7-16)13-10-14-5-4-12(13)11-17/h4-5,10,17H,2-3,6-9,11H2,1H3. The van der Waals surface area contributed by atoms with Crippen molar-refractivity contribution in [2.24, 2.45) is 0 Å². The first kappa shape index (κ1) is 12.3. The summed E-state index contributed by atoms with van der Waals surface area (Å²) in [5.74, 6) is 0. The molecule has 0 radical (unpaired) electrons. The van der Waals surface area contributed by atoms with E-state index in [1.54, 1.807) is 6.20 Å². The topological polar surface area (TPSA) is 39.6 Å². The van der Waals surface area contributed by atoms with Crippen molar-refractivity contribution in [1.29, 1.82) is 0 Å². The zero-order chi connectivity index (χ0) is 12.1. The molecule has 2 heterocycles. The first-order valence-electron chi connectivity index (χ1n) is 6.28. The Balaban J connectivity index is 1.91. The summed E-state index contributed by atoms with van der Waals surface area (Å²) in [6, 6.07) is 1.88. The van der Waals surface area contributed by atoms with E-state index in [0.29, 0.717) is 0 Å². The van der Waals surface area contributed by atoms with E-state index in [1.807, 2.05) is 12.3 Å². The van der Waals surface area contributed by atoms with Gasteiger partial charge in [-0.3, -0.25) is 4.98 Å². The molecule has 17 heavy (non-hydrogen) atoms. The van der Waals surface area contributed by atoms with Gasteiger partial charge < -0.3 is 14.9 Å². The molecule has 2 rings (SSSR count). The number of likely N-dealkylation sites (tertiary alicyclic amines) is 1. The van der Waals surface area contributed by atoms with Gasteiger partial charge in [-0.05, 0) is 32.0 Å². The van der Waals surface area contributed by atoms with E-state index in [2.05, 4.69) is 21.8 Å². The van der Waals surface area contributed by atoms with Gasteiger partial charge in [0.25, 0.3) is 0 Å². The zero-order valence-corrected chi connectivity index (χ0v) is 10.5. The molecule has 1 fully saturated rings. The average molecular weight is 235 g/mol. The lowest BCUT2D eigenvalue weighted by atomic mass is 10.2. The van der Waals surface area contributed by atoms with Crippen molar-refractivity contribution in [3.05, 3.63) is 24.0 Å². The quantitative estimate of drug-likeness (QED) is 0.830. The first-order chi connectivity index (χ1) is 8.31. The van der Waals surface area contributed by atoms with Crippen molar-refractivity contribution >= 4 is 5.69 Å². The molecule has 1 aliphatic rings. The van der Waals surface area contributed by atoms with Crippen LogP contribution in [0.4, 0.5) is 5.69 Å². The molecule has 0 bridgehead atoms. The highest BCUT2D eigenvalue weighted by Crippen LogP contribution is 2.17. The largest absolute Gasteiger partial charge is 0.392 e. The summed E-state index contributed by atoms with van der Waals surface area (Å²) >= 11 is 0. The van der Waals surface area contributed by atoms with Gasteiger partial charge in [-0.15, -0.1) is 0 Å². The molecule has 0 amide bonds. The number of pyridine rings is 1. The summed E-state index contributed by atoms with van der Waals surface area (Å²) in [5.41, 5.74) is 1.98. The molecule has 0 aromatic carbocycles. The van der Waals surface area contributed by atoms with Crippen LogP contribution in [-0.4, -0.2) is 48.2 Å². The Morgan fingerprint density at radius 3 is 2.88 bits per heavy atom. The second kappa shape index (κ2) is 5.98. The second-order valence-corrected chi connectivity index (χ2v) is 4.63. The fraction of sp³-hybridized carbons (Fsp3) is 0.615. The molecule has 1 N–H and O–H groups in total. The summed E-state index contributed by atoms with van der Waals surface area (Å²) in [6.45, 7) is 4.61. The molecule has 1 aromatic rings. The van der Waals surface area contributed by atoms with E-state index in [9.17, 15) is 5.11 Å². The van der Waals surface area contributed by atoms with Crippen molar-refractivity contribution in [2.75, 3.05) is 38.1 Å². The Morgan fingerprint density at radius 1 is 1.41 bits per heavy atom. The maximum absolute atomic E-state index is 9.28. The fourth-order valence-electron chi connectivity index (χ4n) is 2.31. The van der Waals surface area contributed by atoms with Crippen molar-refractivity contribution in [1.82, 2.24) is 9.88 Å². The molecule has 0 saturated carbocycles. The number of aliphatic hydroxyl groups is 1. The predicted molar refractivity (Wildman–Crippen MR) is 69.1 cm³/mol. The van der Waals surface area contributed by atoms with Gasteiger partial charge in [0.1, 0.15) is 0 Å². The van der Waals surface area contributed by atoms with Crippen molar-refractivity contribution in [3.63, 3.8) is 0 Å². The summed E-state index contributed by atoms with van der Waals surface area (Å²) in [7, 11) is 2.06. The number of aliphatic hydroxyl groups excluding tert-OH is 1. The number of nitrogens with zero attached hydrogens (tertiary/aromatic N) is 3. The van der Waals surface area contributed by atoms with Crippen LogP contribution in [0.5, 0.6) is 0 Å². The molecular weight excluding hydrogens is 214 g/mol. The Morgan fingerprint density at radius 2 is 2.18 bits per heavy atom. The van der Waals surface area contributed by atoms with E-state index in [1.165, 1.54) is 25.9 Å². The summed E-state index contributed by atoms with van der Waals surface area (Å²) in [5, 5.41) is 9.28. The monoisotopic (exact) mass is 235 g/mol. The lowest BCUT2D eigenvalue weighted by Gasteiger charge is -2.24. The van der Waals surface area contributed by atoms with Crippen molar-refractivity contribution < 1.29 is 5.11 Å². The highest BCUT2D eigenvalue weighted by Gasteiger charge is 2.13. The lowest BCUT2D eigenvalue weighted by molar-refractivity contribution is 0.281. The van der Waals surface area contributed by atoms with Crippen LogP contribution in [0.25, 0.3) is 0 Å². The van der Waals surface area contributed by atoms with Crippen LogP contribution in [0.15, 0.2) is 18.5 Å². The van der Waals surface area contributed by atoms with Crippen LogP contribution >= 0.6 is 0 Å². The highest BCUT2D eigenvalue weighted by molar-refractivity contribution is 5.50. The highest BCUT2D eigenvalue weighted by atomic mass is 16.3. The van der Waals surface area contributed by atoms with E-state index < -0.39 is 0 Å². The number of hydrogen-bond donors (Lipinski definition) is 1. The predicted octanol–water partition coefficient (Wildman–Crippen LogP) is 1.11. The van der Waals surface area contributed by atoms with Gasteiger partial charge >= 0.3 is 0 Å². The third-order valence-corrected chi connectivity index (χ3v) is 3.42. The minimum Gasteiger partial charge on any atom is -0.392 e. The van der Waals surface area contributed by atoms with Crippen LogP contribution in [0.3, 0.4) is 0 Å². The van der Waals surface area contributed by atoms with Gasteiger partial charge in [0.15, 0.2) is 0 Å². The summed E-state index contributed by atoms with van der Waals surface area (Å²) in [4.78, 5) is 8.80. The fourth-order valence-corrected chi connectivity index (χ4v) is 2.31. The molecular formula is C13H21N3O. The maximum atomic E-state index is 9.28. The Labute approximate surface area is 103 Å². The van der Waals surface area contributed by atoms with Crippen LogP contribution in [0, 0.1) is 0 Å². The number of aromatic nitrogens is 1. The van der Waals surface area contributed by atoms with Crippen LogP contribution in [0.2, 0.25) is 0 Å². The second-order valence-electron chi connectivity index (χ2n) is 4.63. The Hall–Kier alpha value is -1.13. The normalized spacial score (nSPS) is 16.4. The number of anilines is 1. The number of hydrogen-bond acceptors (Lipinski definition) is 4. The van der Waals surface area contributed by atoms with Crippen molar-refractivity contribution in [3.8, 4) is 0 Å². The molecule has 4 nitrogen and oxygen atoms in total. The molecule has 0 aliphatic carbocycles. The molecule has 1 aliphatic heterocycles. The lowest BCUT2D eigenvalue weighted by Crippen LogP contribution is -2.31. The van der Waals surface area contributed by atoms with E-state index in [0.717, 1.165) is 24.3 Å². The average Bonchev–Trinajstić information content (AvgIpc) is 2.89. The smallest absolute Gasteiger partial charge is 0.0703 e. The summed E-state index contributed by atoms with van der Waals surface area (Å²) in [6.07, 6.45) is 6.22. The Bertz CT molecular complexity index is 350. The van der Waals surface area contributed by atoms with Gasteiger partial charge in [0.2, 0.25) is 0 Å². The molecule has 0 spiro atoms. The molecule has 1 saturated heterocycles. The molecule has 0 atom stereocenters. The zero-order valence-electron chi connectivity index (χ0n) is 10.5. The minimum atomic E-state index is 0.0753. The number of likely N-dealkylation sites (N-methyl/N-ethyl adjacent to an activating group) is 1. The van der Waals surface area contributed by atoms with E-state index in [-0.39, 0.29) is 6.61 Å². The SMILES string of the molecule is CN(CCN1CCCC1)c1cnccc1CO. The van der Waals surface area contributed by atoms with Gasteiger partial charge in [0, 0.05) is 31.9 Å². The third kappa shape index (κ3) is 3.17. The minimum absolute atomic E-state index is 0.0753. The molecule has 0 unspecified atom stereocenters. The van der Waals surface area contributed by atoms with E-state index in [4.69, 9.17) is 0 Å². The third-order valence-electron chi connectivity index (χ3n) is 3.42. The van der Waals surface area contributed by atoms with Gasteiger partial charge in [0.05, 0.1) is 18.5 Å². The maximum Gasteiger partial charge on any atom is 0.0703 e. The van der Waals surface area contributed by atoms with E-state index >= 15 is 0 Å². The first-order valence-corrected chi connectivity index (χ1v) is 6.28. The van der Waals surface area contributed by atoms with Gasteiger partial charge in [-0.1, -0.05) is 0 Å². The van der Waals surface area contributed by atoms with Crippen LogP contribution < -0.4 is 4.90 Å². The van der Waals surface area contributed by atoms with Gasteiger partial charge in [-0.2, -0.15) is 0 Å². The summed E-state index contributed by atoms with van der Waals surface area (Å²) < 4.78 is 0. The molecule has 1 aromatic heterocycles. The molecule has 94 valence electrons. The number of rotatable bonds is 5. The van der Waals surface area contributed by atoms with Crippen LogP contribution in [0.1, 0.15) is 18.4 Å².